The predicted octanol–water partition coefficient (Wildman–Crippen LogP) is -1.87. The Bertz CT molecular complexity index is 267. The lowest BCUT2D eigenvalue weighted by atomic mass is 10.3. The molecular weight excluding hydrogens is 214 g/mol. The zero-order chi connectivity index (χ0) is 12.6. The summed E-state index contributed by atoms with van der Waals surface area (Å²) in [5.41, 5.74) is 5.29. The van der Waals surface area contributed by atoms with Crippen molar-refractivity contribution in [1.82, 2.24) is 10.6 Å². The number of carbonyl (C=O) groups excluding carboxylic acids is 3. The van der Waals surface area contributed by atoms with Crippen LogP contribution in [0.15, 0.2) is 0 Å². The average Bonchev–Trinajstić information content (AvgIpc) is 2.25. The van der Waals surface area contributed by atoms with Crippen molar-refractivity contribution in [3.05, 3.63) is 0 Å². The molecule has 0 bridgehead atoms. The van der Waals surface area contributed by atoms with E-state index >= 15 is 0 Å². The third-order valence-corrected chi connectivity index (χ3v) is 1.62. The first-order valence-corrected chi connectivity index (χ1v) is 4.99. The Labute approximate surface area is 93.7 Å². The Morgan fingerprint density at radius 1 is 1.25 bits per heavy atom. The van der Waals surface area contributed by atoms with Gasteiger partial charge < -0.3 is 21.1 Å². The Kier molecular flexibility index (Phi) is 6.86. The first-order valence-electron chi connectivity index (χ1n) is 4.99. The van der Waals surface area contributed by atoms with E-state index in [2.05, 4.69) is 15.4 Å². The standard InChI is InChI=1S/C9H17N3O4/c1-3-11-6(13)5-12-8(14)7(10)9(15)16-4-2/h7H,3-5,10H2,1-2H3,(H,11,13)(H,12,14). The SMILES string of the molecule is CCNC(=O)CNC(=O)C(N)C(=O)OCC. The number of amides is 2. The van der Waals surface area contributed by atoms with Crippen molar-refractivity contribution in [2.75, 3.05) is 19.7 Å². The van der Waals surface area contributed by atoms with Gasteiger partial charge >= 0.3 is 5.97 Å². The highest BCUT2D eigenvalue weighted by molar-refractivity contribution is 6.02. The van der Waals surface area contributed by atoms with Gasteiger partial charge in [0.25, 0.3) is 0 Å². The summed E-state index contributed by atoms with van der Waals surface area (Å²) in [6, 6.07) is -1.39. The van der Waals surface area contributed by atoms with Gasteiger partial charge in [0.05, 0.1) is 13.2 Å². The van der Waals surface area contributed by atoms with Crippen molar-refractivity contribution in [3.8, 4) is 0 Å². The Morgan fingerprint density at radius 2 is 1.88 bits per heavy atom. The Balaban J connectivity index is 3.96. The number of carbonyl (C=O) groups is 3. The third kappa shape index (κ3) is 5.30. The topological polar surface area (TPSA) is 111 Å². The number of likely N-dealkylation sites (N-methyl/N-ethyl adjacent to an activating group) is 1. The van der Waals surface area contributed by atoms with Gasteiger partial charge in [-0.1, -0.05) is 0 Å². The minimum absolute atomic E-state index is 0.149. The molecule has 0 saturated carbocycles. The highest BCUT2D eigenvalue weighted by Gasteiger charge is 2.23. The lowest BCUT2D eigenvalue weighted by molar-refractivity contribution is -0.148. The van der Waals surface area contributed by atoms with Crippen LogP contribution >= 0.6 is 0 Å². The van der Waals surface area contributed by atoms with Crippen molar-refractivity contribution in [3.63, 3.8) is 0 Å². The molecule has 0 aliphatic carbocycles. The highest BCUT2D eigenvalue weighted by atomic mass is 16.5. The van der Waals surface area contributed by atoms with Gasteiger partial charge in [-0.2, -0.15) is 0 Å². The van der Waals surface area contributed by atoms with Crippen LogP contribution in [0.5, 0.6) is 0 Å². The van der Waals surface area contributed by atoms with Crippen LogP contribution in [0.2, 0.25) is 0 Å². The summed E-state index contributed by atoms with van der Waals surface area (Å²) < 4.78 is 4.55. The summed E-state index contributed by atoms with van der Waals surface area (Å²) in [7, 11) is 0. The van der Waals surface area contributed by atoms with Crippen LogP contribution in [0, 0.1) is 0 Å². The number of nitrogens with one attached hydrogen (secondary N) is 2. The quantitative estimate of drug-likeness (QED) is 0.366. The number of rotatable bonds is 6. The van der Waals surface area contributed by atoms with E-state index in [1.807, 2.05) is 0 Å². The maximum absolute atomic E-state index is 11.3. The molecule has 0 rings (SSSR count). The van der Waals surface area contributed by atoms with E-state index < -0.39 is 17.9 Å². The molecule has 0 aromatic rings. The Morgan fingerprint density at radius 3 is 2.38 bits per heavy atom. The van der Waals surface area contributed by atoms with Crippen LogP contribution in [-0.2, 0) is 19.1 Å². The van der Waals surface area contributed by atoms with Gasteiger partial charge in [-0.25, -0.2) is 4.79 Å². The summed E-state index contributed by atoms with van der Waals surface area (Å²) in [4.78, 5) is 33.3. The lowest BCUT2D eigenvalue weighted by Gasteiger charge is -2.10. The van der Waals surface area contributed by atoms with E-state index in [1.54, 1.807) is 13.8 Å². The smallest absolute Gasteiger partial charge is 0.332 e. The van der Waals surface area contributed by atoms with Crippen LogP contribution in [0.3, 0.4) is 0 Å². The van der Waals surface area contributed by atoms with Crippen molar-refractivity contribution >= 4 is 17.8 Å². The first-order chi connectivity index (χ1) is 7.52. The normalized spacial score (nSPS) is 11.4. The zero-order valence-corrected chi connectivity index (χ0v) is 9.41. The summed E-state index contributed by atoms with van der Waals surface area (Å²) in [5.74, 6) is -1.88. The summed E-state index contributed by atoms with van der Waals surface area (Å²) in [6.07, 6.45) is 0. The van der Waals surface area contributed by atoms with Gasteiger partial charge in [-0.05, 0) is 13.8 Å². The minimum atomic E-state index is -1.39. The van der Waals surface area contributed by atoms with Gasteiger partial charge in [0, 0.05) is 6.54 Å². The van der Waals surface area contributed by atoms with Gasteiger partial charge in [0.2, 0.25) is 11.8 Å². The monoisotopic (exact) mass is 231 g/mol. The molecule has 0 saturated heterocycles. The maximum Gasteiger partial charge on any atom is 0.332 e. The van der Waals surface area contributed by atoms with Crippen molar-refractivity contribution in [2.24, 2.45) is 5.73 Å². The first kappa shape index (κ1) is 14.4. The number of hydrogen-bond acceptors (Lipinski definition) is 5. The molecule has 1 atom stereocenters. The largest absolute Gasteiger partial charge is 0.464 e. The predicted molar refractivity (Wildman–Crippen MR) is 56.3 cm³/mol. The van der Waals surface area contributed by atoms with Crippen LogP contribution in [0.4, 0.5) is 0 Å². The van der Waals surface area contributed by atoms with Crippen LogP contribution in [0.1, 0.15) is 13.8 Å². The van der Waals surface area contributed by atoms with Gasteiger partial charge in [0.1, 0.15) is 0 Å². The van der Waals surface area contributed by atoms with Gasteiger partial charge in [-0.15, -0.1) is 0 Å². The molecule has 0 aromatic heterocycles. The molecule has 0 heterocycles. The van der Waals surface area contributed by atoms with E-state index in [9.17, 15) is 14.4 Å². The molecule has 0 fully saturated rings. The molecule has 0 aromatic carbocycles. The highest BCUT2D eigenvalue weighted by Crippen LogP contribution is 1.85. The minimum Gasteiger partial charge on any atom is -0.464 e. The molecule has 2 amide bonds. The van der Waals surface area contributed by atoms with E-state index in [4.69, 9.17) is 5.73 Å². The zero-order valence-electron chi connectivity index (χ0n) is 9.41. The van der Waals surface area contributed by atoms with Crippen LogP contribution in [-0.4, -0.2) is 43.5 Å². The number of ether oxygens (including phenoxy) is 1. The molecule has 7 heteroatoms. The number of nitrogens with two attached hydrogens (primary N) is 1. The van der Waals surface area contributed by atoms with E-state index in [1.165, 1.54) is 0 Å². The van der Waals surface area contributed by atoms with Crippen molar-refractivity contribution in [2.45, 2.75) is 19.9 Å². The second-order valence-corrected chi connectivity index (χ2v) is 2.90. The fraction of sp³-hybridized carbons (Fsp3) is 0.667. The lowest BCUT2D eigenvalue weighted by Crippen LogP contribution is -2.49. The molecule has 16 heavy (non-hydrogen) atoms. The molecule has 1 unspecified atom stereocenters. The summed E-state index contributed by atoms with van der Waals surface area (Å²) >= 11 is 0. The average molecular weight is 231 g/mol. The van der Waals surface area contributed by atoms with Gasteiger partial charge in [0.15, 0.2) is 6.04 Å². The fourth-order valence-electron chi connectivity index (χ4n) is 0.876. The maximum atomic E-state index is 11.3. The van der Waals surface area contributed by atoms with E-state index in [-0.39, 0.29) is 19.1 Å². The fourth-order valence-corrected chi connectivity index (χ4v) is 0.876. The molecule has 0 radical (unpaired) electrons. The number of esters is 1. The van der Waals surface area contributed by atoms with Crippen LogP contribution < -0.4 is 16.4 Å². The van der Waals surface area contributed by atoms with E-state index in [0.717, 1.165) is 0 Å². The van der Waals surface area contributed by atoms with Crippen molar-refractivity contribution in [1.29, 1.82) is 0 Å². The summed E-state index contributed by atoms with van der Waals surface area (Å²) in [6.45, 7) is 3.77. The van der Waals surface area contributed by atoms with E-state index in [0.29, 0.717) is 6.54 Å². The second-order valence-electron chi connectivity index (χ2n) is 2.90. The molecule has 92 valence electrons. The van der Waals surface area contributed by atoms with Gasteiger partial charge in [-0.3, -0.25) is 9.59 Å². The molecule has 4 N–H and O–H groups in total. The molecule has 7 nitrogen and oxygen atoms in total. The third-order valence-electron chi connectivity index (χ3n) is 1.62. The molecule has 0 spiro atoms. The molecule has 0 aliphatic heterocycles. The molecule has 0 aliphatic rings. The summed E-state index contributed by atoms with van der Waals surface area (Å²) in [5, 5.41) is 4.71. The number of hydrogen-bond donors (Lipinski definition) is 3. The molecular formula is C9H17N3O4. The van der Waals surface area contributed by atoms with Crippen LogP contribution in [0.25, 0.3) is 0 Å². The van der Waals surface area contributed by atoms with Crippen molar-refractivity contribution < 1.29 is 19.1 Å². The Hall–Kier alpha value is -1.63. The second kappa shape index (κ2) is 7.63.